The van der Waals surface area contributed by atoms with Crippen molar-refractivity contribution < 1.29 is 18.0 Å². The fourth-order valence-electron chi connectivity index (χ4n) is 3.22. The van der Waals surface area contributed by atoms with Crippen LogP contribution in [0, 0.1) is 0 Å². The summed E-state index contributed by atoms with van der Waals surface area (Å²) in [5.74, 6) is 0.740. The van der Waals surface area contributed by atoms with Gasteiger partial charge in [-0.2, -0.15) is 23.0 Å². The summed E-state index contributed by atoms with van der Waals surface area (Å²) >= 11 is 0. The fourth-order valence-corrected chi connectivity index (χ4v) is 3.22. The molecule has 150 valence electrons. The standard InChI is InChI=1S/C18H16F3N7O/c1-11(15-24-10-25-28(15)16-22-6-2-7-23-16)26-17(29)27-8-5-12-9-13(18(19,20)21)3-4-14(12)27/h2-4,6-7,9-11H,5,8H2,1H3,(H,26,29)/t11-/m0/s1. The number of aromatic nitrogens is 5. The summed E-state index contributed by atoms with van der Waals surface area (Å²) < 4.78 is 40.1. The van der Waals surface area contributed by atoms with E-state index < -0.39 is 23.8 Å². The number of carbonyl (C=O) groups excluding carboxylic acids is 1. The Morgan fingerprint density at radius 2 is 1.97 bits per heavy atom. The quantitative estimate of drug-likeness (QED) is 0.727. The molecule has 1 aromatic carbocycles. The van der Waals surface area contributed by atoms with Gasteiger partial charge in [-0.1, -0.05) is 0 Å². The molecule has 0 unspecified atom stereocenters. The third-order valence-electron chi connectivity index (χ3n) is 4.59. The molecular weight excluding hydrogens is 387 g/mol. The van der Waals surface area contributed by atoms with E-state index in [1.54, 1.807) is 25.4 Å². The van der Waals surface area contributed by atoms with Crippen LogP contribution in [0.5, 0.6) is 0 Å². The van der Waals surface area contributed by atoms with Gasteiger partial charge in [0.05, 0.1) is 11.6 Å². The van der Waals surface area contributed by atoms with E-state index in [2.05, 4.69) is 25.4 Å². The van der Waals surface area contributed by atoms with Gasteiger partial charge in [0.2, 0.25) is 0 Å². The third-order valence-corrected chi connectivity index (χ3v) is 4.59. The predicted molar refractivity (Wildman–Crippen MR) is 96.4 cm³/mol. The van der Waals surface area contributed by atoms with Gasteiger partial charge in [0.25, 0.3) is 5.95 Å². The Morgan fingerprint density at radius 3 is 2.69 bits per heavy atom. The van der Waals surface area contributed by atoms with Crippen LogP contribution in [-0.4, -0.2) is 37.3 Å². The summed E-state index contributed by atoms with van der Waals surface area (Å²) in [5.41, 5.74) is 0.238. The molecule has 0 aliphatic carbocycles. The van der Waals surface area contributed by atoms with Crippen molar-refractivity contribution in [2.75, 3.05) is 11.4 Å². The van der Waals surface area contributed by atoms with E-state index in [9.17, 15) is 18.0 Å². The van der Waals surface area contributed by atoms with E-state index in [1.165, 1.54) is 22.0 Å². The Balaban J connectivity index is 1.52. The van der Waals surface area contributed by atoms with Crippen LogP contribution in [-0.2, 0) is 12.6 Å². The molecule has 0 saturated carbocycles. The van der Waals surface area contributed by atoms with Crippen molar-refractivity contribution in [3.8, 4) is 5.95 Å². The minimum atomic E-state index is -4.41. The van der Waals surface area contributed by atoms with Gasteiger partial charge < -0.3 is 5.32 Å². The fraction of sp³-hybridized carbons (Fsp3) is 0.278. The molecule has 1 atom stereocenters. The van der Waals surface area contributed by atoms with Crippen molar-refractivity contribution in [2.45, 2.75) is 25.6 Å². The minimum absolute atomic E-state index is 0.295. The van der Waals surface area contributed by atoms with Gasteiger partial charge >= 0.3 is 12.2 Å². The van der Waals surface area contributed by atoms with E-state index in [0.29, 0.717) is 36.0 Å². The first-order chi connectivity index (χ1) is 13.8. The first kappa shape index (κ1) is 18.8. The van der Waals surface area contributed by atoms with Crippen LogP contribution in [0.1, 0.15) is 29.9 Å². The molecule has 8 nitrogen and oxygen atoms in total. The molecule has 0 fully saturated rings. The molecule has 0 radical (unpaired) electrons. The average molecular weight is 403 g/mol. The average Bonchev–Trinajstić information content (AvgIpc) is 3.34. The largest absolute Gasteiger partial charge is 0.416 e. The smallest absolute Gasteiger partial charge is 0.328 e. The molecule has 4 rings (SSSR count). The zero-order valence-corrected chi connectivity index (χ0v) is 15.3. The third kappa shape index (κ3) is 3.62. The molecule has 3 heterocycles. The van der Waals surface area contributed by atoms with E-state index >= 15 is 0 Å². The lowest BCUT2D eigenvalue weighted by Gasteiger charge is -2.21. The minimum Gasteiger partial charge on any atom is -0.328 e. The van der Waals surface area contributed by atoms with Gasteiger partial charge in [0.15, 0.2) is 5.82 Å². The summed E-state index contributed by atoms with van der Waals surface area (Å²) in [6, 6.07) is 4.11. The molecule has 2 aromatic heterocycles. The number of benzene rings is 1. The number of nitrogens with one attached hydrogen (secondary N) is 1. The summed E-state index contributed by atoms with van der Waals surface area (Å²) in [7, 11) is 0. The highest BCUT2D eigenvalue weighted by molar-refractivity contribution is 5.94. The monoisotopic (exact) mass is 403 g/mol. The van der Waals surface area contributed by atoms with Crippen molar-refractivity contribution >= 4 is 11.7 Å². The van der Waals surface area contributed by atoms with E-state index in [4.69, 9.17) is 0 Å². The SMILES string of the molecule is C[C@H](NC(=O)N1CCc2cc(C(F)(F)F)ccc21)c1ncnn1-c1ncccn1. The molecule has 1 aliphatic rings. The van der Waals surface area contributed by atoms with Gasteiger partial charge in [-0.3, -0.25) is 4.90 Å². The highest BCUT2D eigenvalue weighted by atomic mass is 19.4. The number of hydrogen-bond acceptors (Lipinski definition) is 5. The molecule has 0 spiro atoms. The molecule has 0 bridgehead atoms. The maximum absolute atomic E-state index is 12.9. The number of fused-ring (bicyclic) bond motifs is 1. The summed E-state index contributed by atoms with van der Waals surface area (Å²) in [5, 5.41) is 6.90. The van der Waals surface area contributed by atoms with Crippen LogP contribution >= 0.6 is 0 Å². The van der Waals surface area contributed by atoms with Crippen molar-refractivity contribution in [1.29, 1.82) is 0 Å². The maximum Gasteiger partial charge on any atom is 0.416 e. The Bertz CT molecular complexity index is 1040. The number of halogens is 3. The van der Waals surface area contributed by atoms with Crippen molar-refractivity contribution in [3.63, 3.8) is 0 Å². The molecule has 2 amide bonds. The Labute approximate surface area is 163 Å². The molecule has 1 aliphatic heterocycles. The highest BCUT2D eigenvalue weighted by Crippen LogP contribution is 2.35. The molecule has 1 N–H and O–H groups in total. The highest BCUT2D eigenvalue weighted by Gasteiger charge is 2.33. The second kappa shape index (κ2) is 7.15. The Hall–Kier alpha value is -3.50. The normalized spacial score (nSPS) is 14.6. The number of anilines is 1. The van der Waals surface area contributed by atoms with Crippen LogP contribution < -0.4 is 10.2 Å². The summed E-state index contributed by atoms with van der Waals surface area (Å²) in [4.78, 5) is 26.6. The van der Waals surface area contributed by atoms with Crippen LogP contribution in [0.4, 0.5) is 23.7 Å². The van der Waals surface area contributed by atoms with Crippen molar-refractivity contribution in [3.05, 3.63) is 59.9 Å². The number of urea groups is 1. The number of alkyl halides is 3. The Kier molecular flexibility index (Phi) is 4.65. The van der Waals surface area contributed by atoms with Crippen LogP contribution in [0.2, 0.25) is 0 Å². The topological polar surface area (TPSA) is 88.8 Å². The molecule has 29 heavy (non-hydrogen) atoms. The second-order valence-electron chi connectivity index (χ2n) is 6.49. The van der Waals surface area contributed by atoms with E-state index in [1.807, 2.05) is 0 Å². The van der Waals surface area contributed by atoms with E-state index in [0.717, 1.165) is 12.1 Å². The maximum atomic E-state index is 12.9. The van der Waals surface area contributed by atoms with Crippen LogP contribution in [0.3, 0.4) is 0 Å². The number of amides is 2. The number of rotatable bonds is 3. The van der Waals surface area contributed by atoms with Gasteiger partial charge in [0, 0.05) is 24.6 Å². The van der Waals surface area contributed by atoms with Crippen LogP contribution in [0.15, 0.2) is 43.0 Å². The lowest BCUT2D eigenvalue weighted by molar-refractivity contribution is -0.137. The zero-order chi connectivity index (χ0) is 20.6. The number of hydrogen-bond donors (Lipinski definition) is 1. The number of carbonyl (C=O) groups is 1. The molecule has 0 saturated heterocycles. The zero-order valence-electron chi connectivity index (χ0n) is 15.3. The van der Waals surface area contributed by atoms with Gasteiger partial charge in [0.1, 0.15) is 6.33 Å². The van der Waals surface area contributed by atoms with Gasteiger partial charge in [-0.15, -0.1) is 0 Å². The molecule has 11 heteroatoms. The predicted octanol–water partition coefficient (Wildman–Crippen LogP) is 2.91. The second-order valence-corrected chi connectivity index (χ2v) is 6.49. The van der Waals surface area contributed by atoms with Crippen molar-refractivity contribution in [2.24, 2.45) is 0 Å². The molecular formula is C18H16F3N7O. The summed E-state index contributed by atoms with van der Waals surface area (Å²) in [6.07, 6.45) is 0.400. The first-order valence-corrected chi connectivity index (χ1v) is 8.80. The number of nitrogens with zero attached hydrogens (tertiary/aromatic N) is 6. The first-order valence-electron chi connectivity index (χ1n) is 8.80. The van der Waals surface area contributed by atoms with Crippen molar-refractivity contribution in [1.82, 2.24) is 30.0 Å². The van der Waals surface area contributed by atoms with Crippen LogP contribution in [0.25, 0.3) is 5.95 Å². The lowest BCUT2D eigenvalue weighted by atomic mass is 10.1. The lowest BCUT2D eigenvalue weighted by Crippen LogP contribution is -2.40. The van der Waals surface area contributed by atoms with Gasteiger partial charge in [-0.25, -0.2) is 19.7 Å². The summed E-state index contributed by atoms with van der Waals surface area (Å²) in [6.45, 7) is 2.02. The molecule has 3 aromatic rings. The van der Waals surface area contributed by atoms with Gasteiger partial charge in [-0.05, 0) is 43.2 Å². The Morgan fingerprint density at radius 1 is 1.21 bits per heavy atom. The van der Waals surface area contributed by atoms with E-state index in [-0.39, 0.29) is 0 Å².